The Hall–Kier alpha value is -0.790. The number of rotatable bonds is 1. The zero-order valence-corrected chi connectivity index (χ0v) is 4.85. The van der Waals surface area contributed by atoms with Crippen LogP contribution in [0.2, 0.25) is 0 Å². The second-order valence-corrected chi connectivity index (χ2v) is 1.64. The molecule has 0 saturated heterocycles. The van der Waals surface area contributed by atoms with E-state index in [0.29, 0.717) is 5.69 Å². The third-order valence-electron chi connectivity index (χ3n) is 0.956. The van der Waals surface area contributed by atoms with Gasteiger partial charge in [-0.15, -0.1) is 0 Å². The van der Waals surface area contributed by atoms with Crippen LogP contribution >= 0.6 is 0 Å². The van der Waals surface area contributed by atoms with Crippen LogP contribution in [-0.2, 0) is 6.42 Å². The Bertz CT molecular complexity index is 169. The van der Waals surface area contributed by atoms with Crippen molar-refractivity contribution in [2.45, 2.75) is 13.3 Å². The highest BCUT2D eigenvalue weighted by atomic mass is 16.5. The Morgan fingerprint density at radius 3 is 2.88 bits per heavy atom. The molecule has 2 heteroatoms. The van der Waals surface area contributed by atoms with E-state index < -0.39 is 0 Å². The molecule has 1 radical (unpaired) electrons. The Morgan fingerprint density at radius 1 is 1.88 bits per heavy atom. The van der Waals surface area contributed by atoms with Crippen molar-refractivity contribution in [3.05, 3.63) is 24.4 Å². The first-order chi connectivity index (χ1) is 3.83. The molecule has 1 rings (SSSR count). The van der Waals surface area contributed by atoms with E-state index >= 15 is 0 Å². The molecule has 0 spiro atoms. The predicted octanol–water partition coefficient (Wildman–Crippen LogP) is 1.42. The lowest BCUT2D eigenvalue weighted by atomic mass is 10.3. The molecule has 1 aromatic heterocycles. The third-order valence-corrected chi connectivity index (χ3v) is 0.956. The second-order valence-electron chi connectivity index (χ2n) is 1.64. The van der Waals surface area contributed by atoms with E-state index in [1.807, 2.05) is 13.0 Å². The topological polar surface area (TPSA) is 26.0 Å². The van der Waals surface area contributed by atoms with Crippen molar-refractivity contribution in [3.8, 4) is 0 Å². The van der Waals surface area contributed by atoms with Crippen molar-refractivity contribution >= 4 is 0 Å². The molecule has 1 heterocycles. The third kappa shape index (κ3) is 0.886. The van der Waals surface area contributed by atoms with Gasteiger partial charge in [0.05, 0.1) is 5.69 Å². The molecule has 0 atom stereocenters. The minimum atomic E-state index is 0.710. The van der Waals surface area contributed by atoms with E-state index in [2.05, 4.69) is 12.1 Å². The Labute approximate surface area is 48.5 Å². The summed E-state index contributed by atoms with van der Waals surface area (Å²) in [5.74, 6) is 0.898. The number of nitrogens with zero attached hydrogens (tertiary/aromatic N) is 1. The van der Waals surface area contributed by atoms with Gasteiger partial charge in [0, 0.05) is 12.5 Å². The first kappa shape index (κ1) is 5.35. The first-order valence-corrected chi connectivity index (χ1v) is 2.60. The number of aryl methyl sites for hydroxylation is 1. The Balaban J connectivity index is 2.84. The van der Waals surface area contributed by atoms with Crippen LogP contribution in [0.1, 0.15) is 18.4 Å². The van der Waals surface area contributed by atoms with E-state index in [0.717, 1.165) is 12.2 Å². The maximum Gasteiger partial charge on any atom is 0.136 e. The minimum absolute atomic E-state index is 0.710. The largest absolute Gasteiger partial charge is 0.361 e. The molecule has 0 aliphatic rings. The van der Waals surface area contributed by atoms with E-state index in [9.17, 15) is 0 Å². The lowest BCUT2D eigenvalue weighted by molar-refractivity contribution is 0.384. The van der Waals surface area contributed by atoms with Gasteiger partial charge in [-0.25, -0.2) is 0 Å². The van der Waals surface area contributed by atoms with Gasteiger partial charge in [-0.3, -0.25) is 0 Å². The molecule has 0 bridgehead atoms. The smallest absolute Gasteiger partial charge is 0.136 e. The van der Waals surface area contributed by atoms with E-state index in [-0.39, 0.29) is 0 Å². The normalized spacial score (nSPS) is 9.75. The molecule has 0 aliphatic carbocycles. The lowest BCUT2D eigenvalue weighted by Gasteiger charge is -1.76. The summed E-state index contributed by atoms with van der Waals surface area (Å²) in [7, 11) is 0. The molecule has 43 valence electrons. The van der Waals surface area contributed by atoms with Gasteiger partial charge in [0.15, 0.2) is 0 Å². The maximum atomic E-state index is 4.80. The molecule has 0 fully saturated rings. The van der Waals surface area contributed by atoms with Gasteiger partial charge in [-0.1, -0.05) is 12.1 Å². The van der Waals surface area contributed by atoms with Crippen molar-refractivity contribution in [1.82, 2.24) is 5.16 Å². The average Bonchev–Trinajstić information content (AvgIpc) is 2.14. The van der Waals surface area contributed by atoms with Crippen LogP contribution in [0.15, 0.2) is 10.6 Å². The molecule has 0 unspecified atom stereocenters. The quantitative estimate of drug-likeness (QED) is 0.546. The Morgan fingerprint density at radius 2 is 2.62 bits per heavy atom. The van der Waals surface area contributed by atoms with Crippen LogP contribution in [0.3, 0.4) is 0 Å². The molecule has 8 heavy (non-hydrogen) atoms. The summed E-state index contributed by atoms with van der Waals surface area (Å²) in [6.45, 7) is 5.60. The fourth-order valence-electron chi connectivity index (χ4n) is 0.522. The SMILES string of the molecule is [CH2]c1cc(CC)on1. The van der Waals surface area contributed by atoms with E-state index in [1.165, 1.54) is 0 Å². The highest BCUT2D eigenvalue weighted by Crippen LogP contribution is 2.00. The van der Waals surface area contributed by atoms with E-state index in [4.69, 9.17) is 4.52 Å². The highest BCUT2D eigenvalue weighted by Gasteiger charge is 1.93. The molecular weight excluding hydrogens is 102 g/mol. The van der Waals surface area contributed by atoms with Crippen LogP contribution < -0.4 is 0 Å². The monoisotopic (exact) mass is 110 g/mol. The van der Waals surface area contributed by atoms with Crippen molar-refractivity contribution in [2.24, 2.45) is 0 Å². The maximum absolute atomic E-state index is 4.80. The molecule has 1 aromatic rings. The van der Waals surface area contributed by atoms with Crippen molar-refractivity contribution in [3.63, 3.8) is 0 Å². The predicted molar refractivity (Wildman–Crippen MR) is 30.3 cm³/mol. The number of hydrogen-bond donors (Lipinski definition) is 0. The molecule has 0 aromatic carbocycles. The fourth-order valence-corrected chi connectivity index (χ4v) is 0.522. The Kier molecular flexibility index (Phi) is 1.33. The van der Waals surface area contributed by atoms with Gasteiger partial charge in [-0.05, 0) is 6.92 Å². The second kappa shape index (κ2) is 1.99. The van der Waals surface area contributed by atoms with Crippen LogP contribution in [0.25, 0.3) is 0 Å². The zero-order chi connectivity index (χ0) is 5.98. The van der Waals surface area contributed by atoms with Crippen molar-refractivity contribution < 1.29 is 4.52 Å². The average molecular weight is 110 g/mol. The van der Waals surface area contributed by atoms with Crippen LogP contribution in [-0.4, -0.2) is 5.16 Å². The molecule has 0 N–H and O–H groups in total. The first-order valence-electron chi connectivity index (χ1n) is 2.60. The van der Waals surface area contributed by atoms with Crippen molar-refractivity contribution in [1.29, 1.82) is 0 Å². The molecule has 0 amide bonds. The summed E-state index contributed by atoms with van der Waals surface area (Å²) >= 11 is 0. The van der Waals surface area contributed by atoms with Crippen LogP contribution in [0.4, 0.5) is 0 Å². The van der Waals surface area contributed by atoms with Gasteiger partial charge < -0.3 is 4.52 Å². The van der Waals surface area contributed by atoms with Gasteiger partial charge in [0.2, 0.25) is 0 Å². The highest BCUT2D eigenvalue weighted by molar-refractivity contribution is 5.07. The summed E-state index contributed by atoms with van der Waals surface area (Å²) in [5.41, 5.74) is 0.710. The fraction of sp³-hybridized carbons (Fsp3) is 0.333. The van der Waals surface area contributed by atoms with Crippen LogP contribution in [0.5, 0.6) is 0 Å². The standard InChI is InChI=1S/C6H8NO/c1-3-6-4-5(2)7-8-6/h4H,2-3H2,1H3. The number of hydrogen-bond acceptors (Lipinski definition) is 2. The molecule has 0 aliphatic heterocycles. The van der Waals surface area contributed by atoms with Gasteiger partial charge >= 0.3 is 0 Å². The molecular formula is C6H8NO. The van der Waals surface area contributed by atoms with E-state index in [1.54, 1.807) is 0 Å². The lowest BCUT2D eigenvalue weighted by Crippen LogP contribution is -1.67. The van der Waals surface area contributed by atoms with Gasteiger partial charge in [0.1, 0.15) is 5.76 Å². The summed E-state index contributed by atoms with van der Waals surface area (Å²) in [4.78, 5) is 0. The summed E-state index contributed by atoms with van der Waals surface area (Å²) in [6, 6.07) is 1.83. The summed E-state index contributed by atoms with van der Waals surface area (Å²) < 4.78 is 4.80. The van der Waals surface area contributed by atoms with Crippen molar-refractivity contribution in [2.75, 3.05) is 0 Å². The van der Waals surface area contributed by atoms with Gasteiger partial charge in [-0.2, -0.15) is 0 Å². The summed E-state index contributed by atoms with van der Waals surface area (Å²) in [6.07, 6.45) is 0.891. The molecule has 0 saturated carbocycles. The van der Waals surface area contributed by atoms with Gasteiger partial charge in [0.25, 0.3) is 0 Å². The summed E-state index contributed by atoms with van der Waals surface area (Å²) in [5, 5.41) is 3.60. The molecule has 2 nitrogen and oxygen atoms in total. The minimum Gasteiger partial charge on any atom is -0.361 e. The zero-order valence-electron chi connectivity index (χ0n) is 4.85. The number of aromatic nitrogens is 1. The van der Waals surface area contributed by atoms with Crippen LogP contribution in [0, 0.1) is 6.92 Å².